The molecule has 94 valence electrons. The Hall–Kier alpha value is -0.691. The molecule has 1 aromatic heterocycles. The number of nitrogens with two attached hydrogens (primary N) is 1. The van der Waals surface area contributed by atoms with Gasteiger partial charge in [0, 0.05) is 0 Å². The van der Waals surface area contributed by atoms with Gasteiger partial charge in [-0.15, -0.1) is 0 Å². The number of amides is 1. The molecule has 1 fully saturated rings. The van der Waals surface area contributed by atoms with Crippen molar-refractivity contribution < 1.29 is 24.9 Å². The summed E-state index contributed by atoms with van der Waals surface area (Å²) in [4.78, 5) is 13.0. The van der Waals surface area contributed by atoms with Crippen LogP contribution in [0.25, 0.3) is 0 Å². The van der Waals surface area contributed by atoms with Crippen LogP contribution < -0.4 is 5.73 Å². The minimum absolute atomic E-state index is 0.125. The van der Waals surface area contributed by atoms with E-state index in [1.54, 1.807) is 11.0 Å². The van der Waals surface area contributed by atoms with E-state index in [-0.39, 0.29) is 21.1 Å². The molecule has 2 heterocycles. The fourth-order valence-electron chi connectivity index (χ4n) is 1.86. The number of ether oxygens (including phenoxy) is 1. The summed E-state index contributed by atoms with van der Waals surface area (Å²) in [5.74, 6) is -0.576. The molecule has 2 rings (SSSR count). The third-order valence-electron chi connectivity index (χ3n) is 2.76. The minimum atomic E-state index is -1.15. The summed E-state index contributed by atoms with van der Waals surface area (Å²) in [6.07, 6.45) is -3.88. The first-order valence-corrected chi connectivity index (χ1v) is 6.90. The molecule has 0 radical (unpaired) electrons. The van der Waals surface area contributed by atoms with Gasteiger partial charge in [-0.3, -0.25) is 0 Å². The van der Waals surface area contributed by atoms with E-state index in [2.05, 4.69) is 0 Å². The number of aliphatic hydroxyl groups excluding tert-OH is 3. The van der Waals surface area contributed by atoms with Gasteiger partial charge in [-0.25, -0.2) is 0 Å². The van der Waals surface area contributed by atoms with Gasteiger partial charge in [0.05, 0.1) is 0 Å². The van der Waals surface area contributed by atoms with E-state index in [0.29, 0.717) is 10.0 Å². The Morgan fingerprint density at radius 2 is 2.18 bits per heavy atom. The summed E-state index contributed by atoms with van der Waals surface area (Å²) in [6, 6.07) is 1.60. The normalized spacial score (nSPS) is 32.9. The summed E-state index contributed by atoms with van der Waals surface area (Å²) in [6.45, 7) is -0.381. The second-order valence-electron chi connectivity index (χ2n) is 3.82. The predicted octanol–water partition coefficient (Wildman–Crippen LogP) is -2.00. The second kappa shape index (κ2) is 4.89. The van der Waals surface area contributed by atoms with Gasteiger partial charge >= 0.3 is 103 Å². The van der Waals surface area contributed by atoms with Gasteiger partial charge in [0.2, 0.25) is 0 Å². The summed E-state index contributed by atoms with van der Waals surface area (Å²) in [5, 5.41) is 28.4. The molecule has 1 saturated heterocycles. The van der Waals surface area contributed by atoms with Crippen LogP contribution in [-0.4, -0.2) is 60.6 Å². The second-order valence-corrected chi connectivity index (χ2v) is 5.81. The van der Waals surface area contributed by atoms with Crippen molar-refractivity contribution in [2.75, 3.05) is 6.61 Å². The molecule has 0 spiro atoms. The molecule has 0 bridgehead atoms. The molecule has 0 aliphatic carbocycles. The van der Waals surface area contributed by atoms with Gasteiger partial charge in [-0.2, -0.15) is 0 Å². The summed E-state index contributed by atoms with van der Waals surface area (Å²) in [7, 11) is 0. The van der Waals surface area contributed by atoms with Gasteiger partial charge in [0.15, 0.2) is 0 Å². The van der Waals surface area contributed by atoms with Crippen LogP contribution in [0.2, 0.25) is 0 Å². The van der Waals surface area contributed by atoms with Crippen LogP contribution in [0.5, 0.6) is 0 Å². The average molecular weight is 306 g/mol. The molecule has 17 heavy (non-hydrogen) atoms. The van der Waals surface area contributed by atoms with E-state index < -0.39 is 30.3 Å². The standard InChI is InChI=1S/C10H13NO5Se/c11-10(15)4-1-2-17-9(4)8-7(14)6(13)5(3-12)16-8/h1-2,5-8,12-14H,3H2,(H2,11,15)/t5-,6-,7-,8?/m1/s1. The van der Waals surface area contributed by atoms with Crippen LogP contribution in [0.1, 0.15) is 20.9 Å². The SMILES string of the molecule is NC(=O)c1cc[se]c1C1O[C@H](CO)[C@@H](O)[C@H]1O. The zero-order valence-electron chi connectivity index (χ0n) is 8.81. The van der Waals surface area contributed by atoms with E-state index in [1.165, 1.54) is 0 Å². The molecule has 1 aliphatic heterocycles. The van der Waals surface area contributed by atoms with Gasteiger partial charge in [0.1, 0.15) is 0 Å². The van der Waals surface area contributed by atoms with Crippen molar-refractivity contribution >= 4 is 20.4 Å². The van der Waals surface area contributed by atoms with Gasteiger partial charge in [-0.1, -0.05) is 0 Å². The van der Waals surface area contributed by atoms with Crippen molar-refractivity contribution in [3.8, 4) is 0 Å². The Morgan fingerprint density at radius 1 is 1.47 bits per heavy atom. The van der Waals surface area contributed by atoms with Crippen molar-refractivity contribution in [3.63, 3.8) is 0 Å². The molecule has 5 N–H and O–H groups in total. The van der Waals surface area contributed by atoms with Crippen LogP contribution in [0.3, 0.4) is 0 Å². The Bertz CT molecular complexity index is 421. The molecule has 0 aromatic carbocycles. The molecule has 1 unspecified atom stereocenters. The van der Waals surface area contributed by atoms with Gasteiger partial charge < -0.3 is 0 Å². The van der Waals surface area contributed by atoms with E-state index in [1.807, 2.05) is 0 Å². The molecule has 1 aliphatic rings. The van der Waals surface area contributed by atoms with E-state index in [4.69, 9.17) is 15.6 Å². The van der Waals surface area contributed by atoms with Crippen molar-refractivity contribution in [1.82, 2.24) is 0 Å². The van der Waals surface area contributed by atoms with Gasteiger partial charge in [0.25, 0.3) is 0 Å². The molecule has 1 amide bonds. The van der Waals surface area contributed by atoms with Crippen molar-refractivity contribution in [1.29, 1.82) is 0 Å². The Morgan fingerprint density at radius 3 is 2.71 bits per heavy atom. The molecule has 4 atom stereocenters. The van der Waals surface area contributed by atoms with Crippen LogP contribution in [-0.2, 0) is 4.74 Å². The number of hydrogen-bond donors (Lipinski definition) is 4. The zero-order chi connectivity index (χ0) is 12.6. The first kappa shape index (κ1) is 12.8. The number of rotatable bonds is 3. The first-order chi connectivity index (χ1) is 8.06. The van der Waals surface area contributed by atoms with E-state index in [0.717, 1.165) is 0 Å². The summed E-state index contributed by atoms with van der Waals surface area (Å²) in [5.41, 5.74) is 5.55. The number of hydrogen-bond acceptors (Lipinski definition) is 5. The molecule has 6 nitrogen and oxygen atoms in total. The first-order valence-electron chi connectivity index (χ1n) is 5.06. The Balaban J connectivity index is 2.29. The molecular weight excluding hydrogens is 293 g/mol. The maximum atomic E-state index is 11.2. The fourth-order valence-corrected chi connectivity index (χ4v) is 3.91. The monoisotopic (exact) mass is 307 g/mol. The molecule has 1 aromatic rings. The topological polar surface area (TPSA) is 113 Å². The third-order valence-corrected chi connectivity index (χ3v) is 4.81. The third kappa shape index (κ3) is 2.18. The average Bonchev–Trinajstić information content (AvgIpc) is 2.86. The van der Waals surface area contributed by atoms with Gasteiger partial charge in [-0.05, 0) is 0 Å². The summed E-state index contributed by atoms with van der Waals surface area (Å²) < 4.78 is 5.98. The number of aliphatic hydroxyl groups is 3. The molecule has 7 heteroatoms. The van der Waals surface area contributed by atoms with E-state index in [9.17, 15) is 15.0 Å². The quantitative estimate of drug-likeness (QED) is 0.482. The Kier molecular flexibility index (Phi) is 3.67. The van der Waals surface area contributed by atoms with Crippen LogP contribution >= 0.6 is 0 Å². The Labute approximate surface area is 103 Å². The maximum absolute atomic E-state index is 11.2. The predicted molar refractivity (Wildman–Crippen MR) is 58.6 cm³/mol. The fraction of sp³-hybridized carbons (Fsp3) is 0.500. The summed E-state index contributed by atoms with van der Waals surface area (Å²) >= 11 is -0.125. The zero-order valence-corrected chi connectivity index (χ0v) is 10.5. The molecule has 0 saturated carbocycles. The number of primary amides is 1. The van der Waals surface area contributed by atoms with Crippen molar-refractivity contribution in [2.24, 2.45) is 5.73 Å². The molecular formula is C10H13NO5Se. The number of carbonyl (C=O) groups is 1. The van der Waals surface area contributed by atoms with Crippen LogP contribution in [0.15, 0.2) is 11.0 Å². The van der Waals surface area contributed by atoms with Crippen molar-refractivity contribution in [2.45, 2.75) is 24.4 Å². The number of carbonyl (C=O) groups excluding carboxylic acids is 1. The van der Waals surface area contributed by atoms with Crippen molar-refractivity contribution in [3.05, 3.63) is 21.0 Å². The van der Waals surface area contributed by atoms with E-state index >= 15 is 0 Å². The van der Waals surface area contributed by atoms with Crippen LogP contribution in [0.4, 0.5) is 0 Å². The van der Waals surface area contributed by atoms with Crippen LogP contribution in [0, 0.1) is 0 Å².